The molecule has 0 saturated carbocycles. The molecule has 4 rings (SSSR count). The third-order valence-electron chi connectivity index (χ3n) is 5.38. The molecule has 1 heterocycles. The molecule has 0 fully saturated rings. The molecule has 0 saturated heterocycles. The van der Waals surface area contributed by atoms with Crippen molar-refractivity contribution in [3.8, 4) is 0 Å². The molecule has 29 heavy (non-hydrogen) atoms. The van der Waals surface area contributed by atoms with Gasteiger partial charge in [0.05, 0.1) is 17.4 Å². The van der Waals surface area contributed by atoms with Crippen molar-refractivity contribution < 1.29 is 9.53 Å². The average molecular weight is 403 g/mol. The van der Waals surface area contributed by atoms with Gasteiger partial charge in [-0.15, -0.1) is 11.8 Å². The molecule has 0 bridgehead atoms. The van der Waals surface area contributed by atoms with Crippen molar-refractivity contribution in [3.05, 3.63) is 89.5 Å². The molecule has 0 amide bonds. The van der Waals surface area contributed by atoms with Crippen LogP contribution < -0.4 is 0 Å². The van der Waals surface area contributed by atoms with E-state index in [1.54, 1.807) is 0 Å². The van der Waals surface area contributed by atoms with Crippen molar-refractivity contribution in [1.82, 2.24) is 0 Å². The van der Waals surface area contributed by atoms with Crippen LogP contribution in [0.2, 0.25) is 0 Å². The fourth-order valence-electron chi connectivity index (χ4n) is 4.04. The Bertz CT molecular complexity index is 1050. The van der Waals surface area contributed by atoms with Gasteiger partial charge in [0.2, 0.25) is 0 Å². The highest BCUT2D eigenvalue weighted by Crippen LogP contribution is 2.55. The standard InChI is InChI=1S/C26H26O2S/c1-4-28-26(27)23-22(21-15-14-18-10-8-9-13-20(18)16-21)25(29-24(23)17(2)3)19-11-6-5-7-12-19/h5-17,24-25H,4H2,1-3H3. The first kappa shape index (κ1) is 19.8. The number of thioether (sulfide) groups is 1. The Labute approximate surface area is 177 Å². The van der Waals surface area contributed by atoms with Gasteiger partial charge in [-0.25, -0.2) is 4.79 Å². The van der Waals surface area contributed by atoms with E-state index < -0.39 is 0 Å². The van der Waals surface area contributed by atoms with Gasteiger partial charge in [0.25, 0.3) is 0 Å². The third kappa shape index (κ3) is 3.84. The van der Waals surface area contributed by atoms with E-state index in [4.69, 9.17) is 4.74 Å². The summed E-state index contributed by atoms with van der Waals surface area (Å²) >= 11 is 1.87. The van der Waals surface area contributed by atoms with Crippen molar-refractivity contribution in [2.24, 2.45) is 5.92 Å². The van der Waals surface area contributed by atoms with Gasteiger partial charge < -0.3 is 4.74 Å². The monoisotopic (exact) mass is 402 g/mol. The van der Waals surface area contributed by atoms with Crippen molar-refractivity contribution in [1.29, 1.82) is 0 Å². The fraction of sp³-hybridized carbons (Fsp3) is 0.269. The van der Waals surface area contributed by atoms with Crippen LogP contribution in [-0.4, -0.2) is 17.8 Å². The van der Waals surface area contributed by atoms with Crippen LogP contribution in [0.1, 0.15) is 37.1 Å². The summed E-state index contributed by atoms with van der Waals surface area (Å²) in [6.45, 7) is 6.62. The zero-order chi connectivity index (χ0) is 20.4. The Morgan fingerprint density at radius 2 is 1.66 bits per heavy atom. The molecule has 0 N–H and O–H groups in total. The van der Waals surface area contributed by atoms with Gasteiger partial charge in [0.1, 0.15) is 0 Å². The minimum absolute atomic E-state index is 0.112. The van der Waals surface area contributed by atoms with Gasteiger partial charge in [-0.1, -0.05) is 80.6 Å². The number of benzene rings is 3. The minimum Gasteiger partial charge on any atom is -0.463 e. The van der Waals surface area contributed by atoms with Crippen molar-refractivity contribution >= 4 is 34.1 Å². The summed E-state index contributed by atoms with van der Waals surface area (Å²) in [7, 11) is 0. The van der Waals surface area contributed by atoms with Gasteiger partial charge in [0.15, 0.2) is 0 Å². The second kappa shape index (κ2) is 8.46. The molecule has 0 spiro atoms. The van der Waals surface area contributed by atoms with Crippen LogP contribution >= 0.6 is 11.8 Å². The number of hydrogen-bond donors (Lipinski definition) is 0. The molecule has 0 aromatic heterocycles. The Kier molecular flexibility index (Phi) is 5.77. The highest BCUT2D eigenvalue weighted by Gasteiger charge is 2.41. The van der Waals surface area contributed by atoms with Crippen LogP contribution in [0, 0.1) is 5.92 Å². The summed E-state index contributed by atoms with van der Waals surface area (Å²) in [5, 5.41) is 2.62. The maximum Gasteiger partial charge on any atom is 0.335 e. The van der Waals surface area contributed by atoms with E-state index in [1.807, 2.05) is 24.8 Å². The lowest BCUT2D eigenvalue weighted by atomic mass is 9.88. The number of fused-ring (bicyclic) bond motifs is 1. The normalized spacial score (nSPS) is 19.2. The molecule has 2 nitrogen and oxygen atoms in total. The second-order valence-electron chi connectivity index (χ2n) is 7.70. The molecule has 3 aromatic carbocycles. The maximum absolute atomic E-state index is 13.1. The SMILES string of the molecule is CCOC(=O)C1=C(c2ccc3ccccc3c2)C(c2ccccc2)SC1C(C)C. The number of hydrogen-bond acceptors (Lipinski definition) is 3. The third-order valence-corrected chi connectivity index (χ3v) is 7.24. The van der Waals surface area contributed by atoms with E-state index in [1.165, 1.54) is 16.3 Å². The van der Waals surface area contributed by atoms with Gasteiger partial charge in [-0.3, -0.25) is 0 Å². The molecule has 2 atom stereocenters. The number of carbonyl (C=O) groups excluding carboxylic acids is 1. The highest BCUT2D eigenvalue weighted by molar-refractivity contribution is 8.01. The van der Waals surface area contributed by atoms with Gasteiger partial charge >= 0.3 is 5.97 Å². The maximum atomic E-state index is 13.1. The summed E-state index contributed by atoms with van der Waals surface area (Å²) in [6, 6.07) is 25.4. The number of esters is 1. The first-order valence-electron chi connectivity index (χ1n) is 10.2. The molecule has 2 unspecified atom stereocenters. The van der Waals surface area contributed by atoms with Gasteiger partial charge in [-0.2, -0.15) is 0 Å². The predicted octanol–water partition coefficient (Wildman–Crippen LogP) is 6.67. The molecule has 3 aromatic rings. The van der Waals surface area contributed by atoms with Crippen LogP contribution in [0.3, 0.4) is 0 Å². The Morgan fingerprint density at radius 1 is 0.966 bits per heavy atom. The number of rotatable bonds is 5. The average Bonchev–Trinajstić information content (AvgIpc) is 3.15. The van der Waals surface area contributed by atoms with Crippen LogP contribution in [-0.2, 0) is 9.53 Å². The number of carbonyl (C=O) groups is 1. The quantitative estimate of drug-likeness (QED) is 0.446. The molecule has 3 heteroatoms. The highest BCUT2D eigenvalue weighted by atomic mass is 32.2. The summed E-state index contributed by atoms with van der Waals surface area (Å²) in [4.78, 5) is 13.1. The summed E-state index contributed by atoms with van der Waals surface area (Å²) < 4.78 is 5.52. The first-order valence-corrected chi connectivity index (χ1v) is 11.1. The van der Waals surface area contributed by atoms with E-state index >= 15 is 0 Å². The molecule has 0 aliphatic carbocycles. The van der Waals surface area contributed by atoms with Crippen LogP contribution in [0.15, 0.2) is 78.4 Å². The van der Waals surface area contributed by atoms with Crippen LogP contribution in [0.5, 0.6) is 0 Å². The van der Waals surface area contributed by atoms with E-state index in [0.717, 1.165) is 16.7 Å². The largest absolute Gasteiger partial charge is 0.463 e. The Morgan fingerprint density at radius 3 is 2.34 bits per heavy atom. The zero-order valence-corrected chi connectivity index (χ0v) is 17.9. The smallest absolute Gasteiger partial charge is 0.335 e. The molecular formula is C26H26O2S. The fourth-order valence-corrected chi connectivity index (χ4v) is 5.72. The molecule has 1 aliphatic rings. The lowest BCUT2D eigenvalue weighted by molar-refractivity contribution is -0.138. The molecule has 148 valence electrons. The zero-order valence-electron chi connectivity index (χ0n) is 17.1. The van der Waals surface area contributed by atoms with Gasteiger partial charge in [0, 0.05) is 5.25 Å². The van der Waals surface area contributed by atoms with Crippen molar-refractivity contribution in [3.63, 3.8) is 0 Å². The summed E-state index contributed by atoms with van der Waals surface area (Å²) in [6.07, 6.45) is 0. The van der Waals surface area contributed by atoms with E-state index in [-0.39, 0.29) is 16.5 Å². The Hall–Kier alpha value is -2.52. The summed E-state index contributed by atoms with van der Waals surface area (Å²) in [5.41, 5.74) is 4.27. The Balaban J connectivity index is 1.94. The van der Waals surface area contributed by atoms with Crippen molar-refractivity contribution in [2.75, 3.05) is 6.61 Å². The van der Waals surface area contributed by atoms with Gasteiger partial charge in [-0.05, 0) is 46.4 Å². The van der Waals surface area contributed by atoms with Crippen LogP contribution in [0.25, 0.3) is 16.3 Å². The van der Waals surface area contributed by atoms with E-state index in [9.17, 15) is 4.79 Å². The van der Waals surface area contributed by atoms with Crippen molar-refractivity contribution in [2.45, 2.75) is 31.3 Å². The second-order valence-corrected chi connectivity index (χ2v) is 8.95. The van der Waals surface area contributed by atoms with E-state index in [2.05, 4.69) is 80.6 Å². The summed E-state index contributed by atoms with van der Waals surface area (Å²) in [5.74, 6) is 0.156. The predicted molar refractivity (Wildman–Crippen MR) is 123 cm³/mol. The molecular weight excluding hydrogens is 376 g/mol. The lowest BCUT2D eigenvalue weighted by Gasteiger charge is -2.18. The molecule has 1 aliphatic heterocycles. The molecule has 0 radical (unpaired) electrons. The lowest BCUT2D eigenvalue weighted by Crippen LogP contribution is -2.20. The first-order chi connectivity index (χ1) is 14.1. The minimum atomic E-state index is -0.180. The topological polar surface area (TPSA) is 26.3 Å². The van der Waals surface area contributed by atoms with Crippen LogP contribution in [0.4, 0.5) is 0 Å². The van der Waals surface area contributed by atoms with E-state index in [0.29, 0.717) is 12.5 Å². The number of ether oxygens (including phenoxy) is 1.